The average molecular weight is 309 g/mol. The number of aryl methyl sites for hydroxylation is 2. The number of carboxylic acids is 1. The van der Waals surface area contributed by atoms with Gasteiger partial charge in [0.15, 0.2) is 6.04 Å². The molecule has 0 spiro atoms. The minimum atomic E-state index is -1.11. The topological polar surface area (TPSA) is 84.9 Å². The molecule has 1 rings (SSSR count). The van der Waals surface area contributed by atoms with Gasteiger partial charge in [-0.1, -0.05) is 18.2 Å². The number of carboxylic acid groups (broad SMARTS) is 1. The molecule has 0 aliphatic rings. The van der Waals surface area contributed by atoms with Crippen LogP contribution in [0.3, 0.4) is 0 Å². The molecule has 0 aliphatic heterocycles. The Kier molecular flexibility index (Phi) is 7.56. The van der Waals surface area contributed by atoms with Gasteiger partial charge in [0.05, 0.1) is 13.2 Å². The van der Waals surface area contributed by atoms with E-state index in [1.165, 1.54) is 0 Å². The largest absolute Gasteiger partial charge is 0.479 e. The molecule has 122 valence electrons. The lowest BCUT2D eigenvalue weighted by atomic mass is 10.0. The highest BCUT2D eigenvalue weighted by atomic mass is 16.5. The lowest BCUT2D eigenvalue weighted by Gasteiger charge is -2.16. The first kappa shape index (κ1) is 18.1. The molecule has 2 N–H and O–H groups in total. The van der Waals surface area contributed by atoms with Gasteiger partial charge in [-0.15, -0.1) is 0 Å². The first-order chi connectivity index (χ1) is 10.5. The molecule has 0 saturated carbocycles. The van der Waals surface area contributed by atoms with E-state index in [1.54, 1.807) is 12.1 Å². The third-order valence-electron chi connectivity index (χ3n) is 3.23. The van der Waals surface area contributed by atoms with Crippen molar-refractivity contribution in [3.8, 4) is 0 Å². The van der Waals surface area contributed by atoms with Gasteiger partial charge in [-0.05, 0) is 37.5 Å². The smallest absolute Gasteiger partial charge is 0.330 e. The minimum Gasteiger partial charge on any atom is -0.479 e. The van der Waals surface area contributed by atoms with E-state index < -0.39 is 17.9 Å². The van der Waals surface area contributed by atoms with Crippen molar-refractivity contribution in [2.75, 3.05) is 26.4 Å². The van der Waals surface area contributed by atoms with Crippen molar-refractivity contribution < 1.29 is 24.2 Å². The highest BCUT2D eigenvalue weighted by molar-refractivity contribution is 5.85. The number of nitrogens with one attached hydrogen (secondary N) is 1. The number of carbonyl (C=O) groups excluding carboxylic acids is 1. The summed E-state index contributed by atoms with van der Waals surface area (Å²) in [4.78, 5) is 23.1. The average Bonchev–Trinajstić information content (AvgIpc) is 2.47. The van der Waals surface area contributed by atoms with Gasteiger partial charge in [0.25, 0.3) is 0 Å². The van der Waals surface area contributed by atoms with E-state index in [1.807, 2.05) is 26.8 Å². The summed E-state index contributed by atoms with van der Waals surface area (Å²) in [6.45, 7) is 6.81. The van der Waals surface area contributed by atoms with Crippen LogP contribution in [0.1, 0.15) is 29.7 Å². The van der Waals surface area contributed by atoms with Crippen molar-refractivity contribution in [3.63, 3.8) is 0 Å². The molecular formula is C16H23NO5. The first-order valence-electron chi connectivity index (χ1n) is 7.20. The molecule has 0 radical (unpaired) electrons. The second kappa shape index (κ2) is 9.17. The lowest BCUT2D eigenvalue weighted by molar-refractivity contribution is -0.142. The molecule has 0 heterocycles. The van der Waals surface area contributed by atoms with Crippen molar-refractivity contribution in [1.29, 1.82) is 0 Å². The van der Waals surface area contributed by atoms with Crippen LogP contribution in [0.4, 0.5) is 0 Å². The second-order valence-corrected chi connectivity index (χ2v) is 4.93. The Labute approximate surface area is 130 Å². The number of carbonyl (C=O) groups is 2. The van der Waals surface area contributed by atoms with Gasteiger partial charge in [0, 0.05) is 6.61 Å². The summed E-state index contributed by atoms with van der Waals surface area (Å²) in [5, 5.41) is 11.8. The number of hydrogen-bond acceptors (Lipinski definition) is 4. The summed E-state index contributed by atoms with van der Waals surface area (Å²) in [7, 11) is 0. The van der Waals surface area contributed by atoms with Gasteiger partial charge in [-0.2, -0.15) is 0 Å². The van der Waals surface area contributed by atoms with Crippen molar-refractivity contribution in [3.05, 3.63) is 34.9 Å². The zero-order valence-corrected chi connectivity index (χ0v) is 13.2. The predicted octanol–water partition coefficient (Wildman–Crippen LogP) is 1.60. The Morgan fingerprint density at radius 3 is 2.45 bits per heavy atom. The van der Waals surface area contributed by atoms with E-state index in [9.17, 15) is 14.7 Å². The van der Waals surface area contributed by atoms with Gasteiger partial charge < -0.3 is 19.9 Å². The van der Waals surface area contributed by atoms with Crippen LogP contribution in [0.2, 0.25) is 0 Å². The van der Waals surface area contributed by atoms with Crippen LogP contribution < -0.4 is 5.32 Å². The molecule has 22 heavy (non-hydrogen) atoms. The van der Waals surface area contributed by atoms with E-state index in [-0.39, 0.29) is 6.61 Å². The molecule has 1 aromatic carbocycles. The van der Waals surface area contributed by atoms with Crippen LogP contribution in [-0.4, -0.2) is 43.4 Å². The SMILES string of the molecule is CCOCCOCC(=O)NC(C(=O)O)c1ccc(C)c(C)c1. The van der Waals surface area contributed by atoms with Crippen molar-refractivity contribution in [2.45, 2.75) is 26.8 Å². The fourth-order valence-corrected chi connectivity index (χ4v) is 1.86. The Bertz CT molecular complexity index is 515. The van der Waals surface area contributed by atoms with Crippen LogP contribution in [0.15, 0.2) is 18.2 Å². The maximum atomic E-state index is 11.8. The van der Waals surface area contributed by atoms with Crippen LogP contribution in [0, 0.1) is 13.8 Å². The number of ether oxygens (including phenoxy) is 2. The fraction of sp³-hybridized carbons (Fsp3) is 0.500. The summed E-state index contributed by atoms with van der Waals surface area (Å²) < 4.78 is 10.2. The zero-order chi connectivity index (χ0) is 16.5. The molecule has 0 aromatic heterocycles. The standard InChI is InChI=1S/C16H23NO5/c1-4-21-7-8-22-10-14(18)17-15(16(19)20)13-6-5-11(2)12(3)9-13/h5-6,9,15H,4,7-8,10H2,1-3H3,(H,17,18)(H,19,20). The summed E-state index contributed by atoms with van der Waals surface area (Å²) in [5.41, 5.74) is 2.59. The van der Waals surface area contributed by atoms with Crippen molar-refractivity contribution in [2.24, 2.45) is 0 Å². The molecular weight excluding hydrogens is 286 g/mol. The molecule has 6 heteroatoms. The van der Waals surface area contributed by atoms with Gasteiger partial charge in [-0.25, -0.2) is 4.79 Å². The van der Waals surface area contributed by atoms with E-state index in [2.05, 4.69) is 5.32 Å². The molecule has 6 nitrogen and oxygen atoms in total. The van der Waals surface area contributed by atoms with Gasteiger partial charge >= 0.3 is 5.97 Å². The van der Waals surface area contributed by atoms with Gasteiger partial charge in [0.2, 0.25) is 5.91 Å². The highest BCUT2D eigenvalue weighted by Crippen LogP contribution is 2.17. The van der Waals surface area contributed by atoms with Crippen LogP contribution in [0.25, 0.3) is 0 Å². The summed E-state index contributed by atoms with van der Waals surface area (Å²) in [6, 6.07) is 4.23. The monoisotopic (exact) mass is 309 g/mol. The number of amides is 1. The molecule has 0 aliphatic carbocycles. The van der Waals surface area contributed by atoms with Crippen LogP contribution in [0.5, 0.6) is 0 Å². The fourth-order valence-electron chi connectivity index (χ4n) is 1.86. The van der Waals surface area contributed by atoms with E-state index in [0.717, 1.165) is 11.1 Å². The highest BCUT2D eigenvalue weighted by Gasteiger charge is 2.22. The van der Waals surface area contributed by atoms with Gasteiger partial charge in [-0.3, -0.25) is 4.79 Å². The van der Waals surface area contributed by atoms with Gasteiger partial charge in [0.1, 0.15) is 6.61 Å². The Morgan fingerprint density at radius 2 is 1.86 bits per heavy atom. The summed E-state index contributed by atoms with van der Waals surface area (Å²) in [6.07, 6.45) is 0. The summed E-state index contributed by atoms with van der Waals surface area (Å²) >= 11 is 0. The normalized spacial score (nSPS) is 12.0. The molecule has 0 saturated heterocycles. The molecule has 0 fully saturated rings. The zero-order valence-electron chi connectivity index (χ0n) is 13.2. The first-order valence-corrected chi connectivity index (χ1v) is 7.20. The third-order valence-corrected chi connectivity index (χ3v) is 3.23. The molecule has 1 amide bonds. The van der Waals surface area contributed by atoms with Crippen LogP contribution >= 0.6 is 0 Å². The number of hydrogen-bond donors (Lipinski definition) is 2. The van der Waals surface area contributed by atoms with E-state index in [0.29, 0.717) is 25.4 Å². The quantitative estimate of drug-likeness (QED) is 0.677. The number of aliphatic carboxylic acids is 1. The maximum Gasteiger partial charge on any atom is 0.330 e. The van der Waals surface area contributed by atoms with Crippen molar-refractivity contribution >= 4 is 11.9 Å². The third kappa shape index (κ3) is 5.83. The molecule has 1 aromatic rings. The lowest BCUT2D eigenvalue weighted by Crippen LogP contribution is -2.36. The Balaban J connectivity index is 2.59. The number of benzene rings is 1. The Hall–Kier alpha value is -1.92. The molecule has 1 atom stereocenters. The number of rotatable bonds is 9. The maximum absolute atomic E-state index is 11.8. The van der Waals surface area contributed by atoms with E-state index >= 15 is 0 Å². The van der Waals surface area contributed by atoms with E-state index in [4.69, 9.17) is 9.47 Å². The molecule has 1 unspecified atom stereocenters. The summed E-state index contributed by atoms with van der Waals surface area (Å²) in [5.74, 6) is -1.58. The van der Waals surface area contributed by atoms with Crippen molar-refractivity contribution in [1.82, 2.24) is 5.32 Å². The Morgan fingerprint density at radius 1 is 1.18 bits per heavy atom. The molecule has 0 bridgehead atoms. The second-order valence-electron chi connectivity index (χ2n) is 4.93. The van der Waals surface area contributed by atoms with Crippen LogP contribution in [-0.2, 0) is 19.1 Å². The predicted molar refractivity (Wildman–Crippen MR) is 81.7 cm³/mol. The minimum absolute atomic E-state index is 0.193.